The van der Waals surface area contributed by atoms with E-state index in [0.29, 0.717) is 26.7 Å². The van der Waals surface area contributed by atoms with Gasteiger partial charge >= 0.3 is 0 Å². The van der Waals surface area contributed by atoms with Gasteiger partial charge in [0.1, 0.15) is 5.75 Å². The molecule has 0 N–H and O–H groups in total. The van der Waals surface area contributed by atoms with Gasteiger partial charge < -0.3 is 14.2 Å². The largest absolute Gasteiger partial charge is 0.496 e. The number of benzene rings is 2. The van der Waals surface area contributed by atoms with E-state index in [1.807, 2.05) is 24.3 Å². The molecule has 0 radical (unpaired) electrons. The zero-order valence-corrected chi connectivity index (χ0v) is 15.3. The molecule has 0 amide bonds. The third-order valence-electron chi connectivity index (χ3n) is 4.17. The second kappa shape index (κ2) is 6.34. The number of ether oxygens (including phenoxy) is 3. The molecular formula is C19H16N2O4S. The van der Waals surface area contributed by atoms with E-state index in [1.54, 1.807) is 43.9 Å². The van der Waals surface area contributed by atoms with Crippen molar-refractivity contribution in [2.45, 2.75) is 0 Å². The summed E-state index contributed by atoms with van der Waals surface area (Å²) in [6.07, 6.45) is 1.79. The van der Waals surface area contributed by atoms with Gasteiger partial charge in [0.2, 0.25) is 0 Å². The van der Waals surface area contributed by atoms with E-state index in [2.05, 4.69) is 4.98 Å². The molecule has 26 heavy (non-hydrogen) atoms. The molecule has 0 aliphatic heterocycles. The molecule has 2 aromatic carbocycles. The van der Waals surface area contributed by atoms with E-state index in [-0.39, 0.29) is 5.56 Å². The van der Waals surface area contributed by atoms with Gasteiger partial charge in [0.25, 0.3) is 5.56 Å². The summed E-state index contributed by atoms with van der Waals surface area (Å²) in [5.41, 5.74) is 2.25. The maximum Gasteiger partial charge on any atom is 0.274 e. The number of aromatic nitrogens is 2. The van der Waals surface area contributed by atoms with Crippen LogP contribution in [0.2, 0.25) is 0 Å². The van der Waals surface area contributed by atoms with Crippen molar-refractivity contribution in [1.82, 2.24) is 9.38 Å². The van der Waals surface area contributed by atoms with Gasteiger partial charge in [-0.1, -0.05) is 23.5 Å². The van der Waals surface area contributed by atoms with Crippen molar-refractivity contribution >= 4 is 33.4 Å². The van der Waals surface area contributed by atoms with Crippen molar-refractivity contribution in [2.75, 3.05) is 21.3 Å². The molecule has 132 valence electrons. The number of hydrogen-bond acceptors (Lipinski definition) is 6. The normalized spacial score (nSPS) is 12.0. The Labute approximate surface area is 152 Å². The minimum Gasteiger partial charge on any atom is -0.496 e. The van der Waals surface area contributed by atoms with Crippen LogP contribution >= 0.6 is 11.3 Å². The van der Waals surface area contributed by atoms with Crippen molar-refractivity contribution in [3.8, 4) is 17.2 Å². The van der Waals surface area contributed by atoms with Gasteiger partial charge in [-0.25, -0.2) is 9.38 Å². The number of imidazole rings is 1. The Hall–Kier alpha value is -3.06. The monoisotopic (exact) mass is 368 g/mol. The quantitative estimate of drug-likeness (QED) is 0.554. The Bertz CT molecular complexity index is 1230. The topological polar surface area (TPSA) is 62.1 Å². The molecule has 2 aromatic heterocycles. The smallest absolute Gasteiger partial charge is 0.274 e. The predicted octanol–water partition coefficient (Wildman–Crippen LogP) is 2.48. The highest BCUT2D eigenvalue weighted by Gasteiger charge is 2.13. The van der Waals surface area contributed by atoms with E-state index in [4.69, 9.17) is 14.2 Å². The van der Waals surface area contributed by atoms with Crippen molar-refractivity contribution in [3.63, 3.8) is 0 Å². The first kappa shape index (κ1) is 16.4. The standard InChI is InChI=1S/C19H16N2O4S/c1-23-14-10-16(25-3)15(24-2)8-11(14)9-17-18(22)21-13-7-5-4-6-12(13)20-19(21)26-17/h4-10H,1-3H3/b17-9-. The van der Waals surface area contributed by atoms with Crippen LogP contribution in [0.25, 0.3) is 22.1 Å². The van der Waals surface area contributed by atoms with Crippen LogP contribution < -0.4 is 24.3 Å². The molecule has 0 fully saturated rings. The fourth-order valence-corrected chi connectivity index (χ4v) is 3.90. The molecule has 0 saturated heterocycles. The molecule has 6 nitrogen and oxygen atoms in total. The van der Waals surface area contributed by atoms with Gasteiger partial charge in [0.15, 0.2) is 16.5 Å². The number of thiazole rings is 1. The minimum absolute atomic E-state index is 0.101. The second-order valence-corrected chi connectivity index (χ2v) is 6.59. The van der Waals surface area contributed by atoms with E-state index in [0.717, 1.165) is 16.6 Å². The third-order valence-corrected chi connectivity index (χ3v) is 5.14. The number of fused-ring (bicyclic) bond motifs is 3. The summed E-state index contributed by atoms with van der Waals surface area (Å²) in [5, 5.41) is 0. The molecule has 4 aromatic rings. The molecule has 2 heterocycles. The number of rotatable bonds is 4. The summed E-state index contributed by atoms with van der Waals surface area (Å²) in [6.45, 7) is 0. The summed E-state index contributed by atoms with van der Waals surface area (Å²) in [4.78, 5) is 18.1. The van der Waals surface area contributed by atoms with E-state index in [9.17, 15) is 4.79 Å². The lowest BCUT2D eigenvalue weighted by molar-refractivity contribution is 0.348. The fourth-order valence-electron chi connectivity index (χ4n) is 2.92. The number of para-hydroxylation sites is 2. The summed E-state index contributed by atoms with van der Waals surface area (Å²) in [7, 11) is 4.71. The highest BCUT2D eigenvalue weighted by molar-refractivity contribution is 7.15. The molecule has 0 unspecified atom stereocenters. The highest BCUT2D eigenvalue weighted by Crippen LogP contribution is 2.34. The molecule has 0 atom stereocenters. The van der Waals surface area contributed by atoms with Gasteiger partial charge in [-0.2, -0.15) is 0 Å². The van der Waals surface area contributed by atoms with Crippen LogP contribution in [-0.2, 0) is 0 Å². The van der Waals surface area contributed by atoms with Gasteiger partial charge in [0, 0.05) is 11.6 Å². The second-order valence-electron chi connectivity index (χ2n) is 5.58. The molecule has 7 heteroatoms. The van der Waals surface area contributed by atoms with Crippen LogP contribution in [0.4, 0.5) is 0 Å². The molecule has 0 aliphatic rings. The van der Waals surface area contributed by atoms with Crippen LogP contribution in [0, 0.1) is 0 Å². The molecule has 0 bridgehead atoms. The maximum atomic E-state index is 12.9. The van der Waals surface area contributed by atoms with Crippen LogP contribution in [0.15, 0.2) is 41.2 Å². The summed E-state index contributed by atoms with van der Waals surface area (Å²) in [5.74, 6) is 1.73. The minimum atomic E-state index is -0.101. The lowest BCUT2D eigenvalue weighted by Gasteiger charge is -2.11. The van der Waals surface area contributed by atoms with Crippen molar-refractivity contribution in [2.24, 2.45) is 0 Å². The van der Waals surface area contributed by atoms with Gasteiger partial charge in [-0.05, 0) is 24.3 Å². The number of nitrogens with zero attached hydrogens (tertiary/aromatic N) is 2. The van der Waals surface area contributed by atoms with E-state index >= 15 is 0 Å². The zero-order valence-electron chi connectivity index (χ0n) is 14.5. The molecular weight excluding hydrogens is 352 g/mol. The lowest BCUT2D eigenvalue weighted by atomic mass is 10.1. The van der Waals surface area contributed by atoms with Gasteiger partial charge in [-0.3, -0.25) is 4.79 Å². The first-order valence-corrected chi connectivity index (χ1v) is 8.69. The van der Waals surface area contributed by atoms with Gasteiger partial charge in [0.05, 0.1) is 36.9 Å². The SMILES string of the molecule is COc1cc(OC)c(OC)cc1/C=c1\sc2nc3ccccc3n2c1=O. The van der Waals surface area contributed by atoms with Crippen LogP contribution in [0.5, 0.6) is 17.2 Å². The maximum absolute atomic E-state index is 12.9. The molecule has 4 rings (SSSR count). The average molecular weight is 368 g/mol. The van der Waals surface area contributed by atoms with E-state index in [1.165, 1.54) is 11.3 Å². The summed E-state index contributed by atoms with van der Waals surface area (Å²) >= 11 is 1.34. The summed E-state index contributed by atoms with van der Waals surface area (Å²) < 4.78 is 18.3. The zero-order chi connectivity index (χ0) is 18.3. The Balaban J connectivity index is 1.97. The Morgan fingerprint density at radius 2 is 1.69 bits per heavy atom. The third kappa shape index (κ3) is 2.48. The van der Waals surface area contributed by atoms with Crippen molar-refractivity contribution in [1.29, 1.82) is 0 Å². The Morgan fingerprint density at radius 3 is 2.42 bits per heavy atom. The summed E-state index contributed by atoms with van der Waals surface area (Å²) in [6, 6.07) is 11.1. The van der Waals surface area contributed by atoms with Crippen molar-refractivity contribution < 1.29 is 14.2 Å². The fraction of sp³-hybridized carbons (Fsp3) is 0.158. The van der Waals surface area contributed by atoms with Crippen LogP contribution in [-0.4, -0.2) is 30.7 Å². The van der Waals surface area contributed by atoms with Gasteiger partial charge in [-0.15, -0.1) is 0 Å². The van der Waals surface area contributed by atoms with Crippen LogP contribution in [0.3, 0.4) is 0 Å². The average Bonchev–Trinajstić information content (AvgIpc) is 3.17. The first-order valence-electron chi connectivity index (χ1n) is 7.88. The molecule has 0 saturated carbocycles. The number of methoxy groups -OCH3 is 3. The molecule has 0 aliphatic carbocycles. The number of hydrogen-bond donors (Lipinski definition) is 0. The Kier molecular flexibility index (Phi) is 4.00. The van der Waals surface area contributed by atoms with Crippen molar-refractivity contribution in [3.05, 3.63) is 56.8 Å². The Morgan fingerprint density at radius 1 is 1.00 bits per heavy atom. The first-order chi connectivity index (χ1) is 12.7. The predicted molar refractivity (Wildman–Crippen MR) is 102 cm³/mol. The lowest BCUT2D eigenvalue weighted by Crippen LogP contribution is -2.22. The highest BCUT2D eigenvalue weighted by atomic mass is 32.1. The van der Waals surface area contributed by atoms with E-state index < -0.39 is 0 Å². The molecule has 0 spiro atoms. The van der Waals surface area contributed by atoms with Crippen LogP contribution in [0.1, 0.15) is 5.56 Å².